The number of aliphatic hydroxyl groups is 3. The van der Waals surface area contributed by atoms with E-state index in [2.05, 4.69) is 10.3 Å². The van der Waals surface area contributed by atoms with Crippen molar-refractivity contribution in [3.63, 3.8) is 0 Å². The summed E-state index contributed by atoms with van der Waals surface area (Å²) in [5, 5.41) is 48.1. The molecule has 0 spiro atoms. The number of amides is 1. The van der Waals surface area contributed by atoms with E-state index >= 15 is 0 Å². The fraction of sp³-hybridized carbons (Fsp3) is 0.357. The molecule has 12 heteroatoms. The maximum absolute atomic E-state index is 13.9. The van der Waals surface area contributed by atoms with Crippen molar-refractivity contribution in [2.75, 3.05) is 19.4 Å². The molecule has 0 aliphatic heterocycles. The number of primary amides is 1. The number of pyridine rings is 1. The van der Waals surface area contributed by atoms with E-state index < -0.39 is 63.8 Å². The second-order valence-corrected chi connectivity index (χ2v) is 11.1. The number of halogens is 1. The molecule has 3 aliphatic rings. The Morgan fingerprint density at radius 2 is 1.85 bits per heavy atom. The first-order valence-electron chi connectivity index (χ1n) is 12.7. The van der Waals surface area contributed by atoms with Crippen LogP contribution in [-0.4, -0.2) is 73.5 Å². The molecule has 5 rings (SSSR count). The van der Waals surface area contributed by atoms with Gasteiger partial charge in [-0.1, -0.05) is 41.9 Å². The molecule has 0 saturated carbocycles. The van der Waals surface area contributed by atoms with Gasteiger partial charge in [-0.3, -0.25) is 19.3 Å². The van der Waals surface area contributed by atoms with Crippen molar-refractivity contribution >= 4 is 34.9 Å². The minimum atomic E-state index is -2.71. The number of fused-ring (bicyclic) bond motifs is 3. The molecule has 1 aromatic carbocycles. The summed E-state index contributed by atoms with van der Waals surface area (Å²) >= 11 is 6.52. The molecule has 0 bridgehead atoms. The Morgan fingerprint density at radius 3 is 2.45 bits per heavy atom. The molecule has 0 saturated heterocycles. The summed E-state index contributed by atoms with van der Waals surface area (Å²) in [6, 6.07) is 7.93. The van der Waals surface area contributed by atoms with Gasteiger partial charge in [0.05, 0.1) is 17.6 Å². The number of aromatic nitrogens is 1. The Hall–Kier alpha value is -3.93. The van der Waals surface area contributed by atoms with Crippen LogP contribution < -0.4 is 11.1 Å². The van der Waals surface area contributed by atoms with Gasteiger partial charge in [0.1, 0.15) is 22.2 Å². The normalized spacial score (nSPS) is 26.8. The van der Waals surface area contributed by atoms with Gasteiger partial charge in [-0.15, -0.1) is 0 Å². The van der Waals surface area contributed by atoms with Crippen molar-refractivity contribution in [2.45, 2.75) is 37.5 Å². The van der Waals surface area contributed by atoms with Crippen LogP contribution in [0.2, 0.25) is 5.15 Å². The van der Waals surface area contributed by atoms with E-state index in [-0.39, 0.29) is 46.6 Å². The summed E-state index contributed by atoms with van der Waals surface area (Å²) in [4.78, 5) is 45.2. The number of allylic oxidation sites excluding steroid dienone is 1. The number of aliphatic hydroxyl groups excluding tert-OH is 2. The lowest BCUT2D eigenvalue weighted by Crippen LogP contribution is -2.63. The minimum absolute atomic E-state index is 0.0223. The van der Waals surface area contributed by atoms with Crippen molar-refractivity contribution in [2.24, 2.45) is 17.6 Å². The second-order valence-electron chi connectivity index (χ2n) is 10.7. The zero-order valence-corrected chi connectivity index (χ0v) is 22.7. The number of hydrogen-bond donors (Lipinski definition) is 6. The quantitative estimate of drug-likeness (QED) is 0.231. The number of likely N-dealkylation sites (N-methyl/N-ethyl adjacent to an activating group) is 1. The second kappa shape index (κ2) is 9.61. The van der Waals surface area contributed by atoms with Crippen LogP contribution in [0, 0.1) is 11.8 Å². The predicted octanol–water partition coefficient (Wildman–Crippen LogP) is 2.34. The van der Waals surface area contributed by atoms with E-state index in [1.54, 1.807) is 14.1 Å². The van der Waals surface area contributed by atoms with Crippen molar-refractivity contribution in [3.8, 4) is 5.75 Å². The Labute approximate surface area is 234 Å². The zero-order valence-electron chi connectivity index (χ0n) is 22.0. The van der Waals surface area contributed by atoms with Gasteiger partial charge in [-0.25, -0.2) is 4.98 Å². The molecule has 11 nitrogen and oxygen atoms in total. The van der Waals surface area contributed by atoms with Gasteiger partial charge in [-0.2, -0.15) is 0 Å². The lowest BCUT2D eigenvalue weighted by Gasteiger charge is -2.50. The number of rotatable bonds is 5. The van der Waals surface area contributed by atoms with E-state index in [4.69, 9.17) is 17.3 Å². The largest absolute Gasteiger partial charge is 0.510 e. The maximum Gasteiger partial charge on any atom is 0.255 e. The highest BCUT2D eigenvalue weighted by atomic mass is 35.5. The fourth-order valence-electron chi connectivity index (χ4n) is 6.29. The van der Waals surface area contributed by atoms with Crippen molar-refractivity contribution in [1.82, 2.24) is 9.88 Å². The van der Waals surface area contributed by atoms with E-state index in [0.717, 1.165) is 5.56 Å². The van der Waals surface area contributed by atoms with Crippen LogP contribution in [0.25, 0.3) is 0 Å². The monoisotopic (exact) mass is 568 g/mol. The number of carbonyl (C=O) groups is 3. The number of ketones is 2. The van der Waals surface area contributed by atoms with Crippen molar-refractivity contribution < 1.29 is 34.8 Å². The summed E-state index contributed by atoms with van der Waals surface area (Å²) in [5.74, 6) is -7.36. The number of aromatic hydroxyl groups is 1. The van der Waals surface area contributed by atoms with Crippen LogP contribution >= 0.6 is 11.6 Å². The third-order valence-corrected chi connectivity index (χ3v) is 8.50. The molecule has 0 radical (unpaired) electrons. The number of Topliss-reactive ketones (excluding diaryl/α,β-unsaturated/α-hetero) is 2. The van der Waals surface area contributed by atoms with Gasteiger partial charge in [0.2, 0.25) is 5.78 Å². The van der Waals surface area contributed by atoms with Crippen LogP contribution in [0.15, 0.2) is 53.0 Å². The number of hydrogen-bond acceptors (Lipinski definition) is 10. The third-order valence-electron chi connectivity index (χ3n) is 8.19. The first kappa shape index (κ1) is 27.6. The van der Waals surface area contributed by atoms with Crippen LogP contribution in [-0.2, 0) is 16.0 Å². The Bertz CT molecular complexity index is 1520. The maximum atomic E-state index is 13.9. The number of nitrogens with zero attached hydrogens (tertiary/aromatic N) is 2. The Morgan fingerprint density at radius 1 is 1.20 bits per heavy atom. The molecule has 1 amide bonds. The summed E-state index contributed by atoms with van der Waals surface area (Å²) < 4.78 is 0. The molecule has 3 aliphatic carbocycles. The fourth-order valence-corrected chi connectivity index (χ4v) is 6.55. The van der Waals surface area contributed by atoms with E-state index in [1.165, 1.54) is 4.90 Å². The molecule has 40 heavy (non-hydrogen) atoms. The van der Waals surface area contributed by atoms with Crippen molar-refractivity contribution in [3.05, 3.63) is 74.8 Å². The van der Waals surface area contributed by atoms with Crippen LogP contribution in [0.5, 0.6) is 5.75 Å². The third kappa shape index (κ3) is 3.87. The molecule has 0 unspecified atom stereocenters. The number of nitrogens with two attached hydrogens (primary N) is 1. The average molecular weight is 569 g/mol. The first-order valence-corrected chi connectivity index (χ1v) is 13.1. The summed E-state index contributed by atoms with van der Waals surface area (Å²) in [6.45, 7) is 1.84. The topological polar surface area (TPSA) is 186 Å². The lowest BCUT2D eigenvalue weighted by molar-refractivity contribution is -0.148. The summed E-state index contributed by atoms with van der Waals surface area (Å²) in [5.41, 5.74) is 2.47. The molecule has 1 heterocycles. The van der Waals surface area contributed by atoms with Gasteiger partial charge in [-0.05, 0) is 45.3 Å². The number of nitrogens with one attached hydrogen (secondary N) is 1. The van der Waals surface area contributed by atoms with Crippen LogP contribution in [0.3, 0.4) is 0 Å². The zero-order chi connectivity index (χ0) is 29.3. The van der Waals surface area contributed by atoms with Gasteiger partial charge >= 0.3 is 0 Å². The molecule has 2 aromatic rings. The first-order chi connectivity index (χ1) is 18.8. The molecule has 7 N–H and O–H groups in total. The Balaban J connectivity index is 1.63. The van der Waals surface area contributed by atoms with E-state index in [1.807, 2.05) is 37.3 Å². The Kier molecular flexibility index (Phi) is 6.64. The minimum Gasteiger partial charge on any atom is -0.510 e. The SMILES string of the molecule is C[C@H](Nc1nc(Cl)c2c(c1O)C(=O)C1=C(O)[C@]3(O)C(=O)C(C(N)=O)=C(O)[C@@H](N(C)C)[C@@H]3C[C@@H]1C2)c1ccccc1. The molecule has 1 aromatic heterocycles. The molecular formula is C28H29ClN4O7. The van der Waals surface area contributed by atoms with Gasteiger partial charge in [0.15, 0.2) is 23.0 Å². The molecule has 5 atom stereocenters. The standard InChI is InChI=1S/C28H29ClN4O7/c1-11(12-7-5-4-6-8-12)31-27-22(36)17-14(25(29)32-27)9-13-10-15-19(33(2)3)21(35)18(26(30)39)24(38)28(15,40)23(37)16(13)20(17)34/h4-8,11,13,15,19,35-37,40H,9-10H2,1-3H3,(H2,30,39)(H,31,32)/t11-,13-,15-,19-,28-/m0/s1. The number of carbonyl (C=O) groups excluding carboxylic acids is 3. The smallest absolute Gasteiger partial charge is 0.255 e. The highest BCUT2D eigenvalue weighted by molar-refractivity contribution is 6.32. The summed E-state index contributed by atoms with van der Waals surface area (Å²) in [6.07, 6.45) is 0.0242. The predicted molar refractivity (Wildman–Crippen MR) is 145 cm³/mol. The van der Waals surface area contributed by atoms with Gasteiger partial charge in [0.25, 0.3) is 5.91 Å². The average Bonchev–Trinajstić information content (AvgIpc) is 2.89. The molecular weight excluding hydrogens is 540 g/mol. The summed E-state index contributed by atoms with van der Waals surface area (Å²) in [7, 11) is 3.13. The van der Waals surface area contributed by atoms with Gasteiger partial charge in [0, 0.05) is 17.1 Å². The van der Waals surface area contributed by atoms with E-state index in [0.29, 0.717) is 0 Å². The highest BCUT2D eigenvalue weighted by Crippen LogP contribution is 2.53. The van der Waals surface area contributed by atoms with E-state index in [9.17, 15) is 34.8 Å². The van der Waals surface area contributed by atoms with Crippen LogP contribution in [0.1, 0.15) is 40.9 Å². The van der Waals surface area contributed by atoms with Crippen LogP contribution in [0.4, 0.5) is 5.82 Å². The molecule has 210 valence electrons. The molecule has 0 fully saturated rings. The van der Waals surface area contributed by atoms with Crippen molar-refractivity contribution in [1.29, 1.82) is 0 Å². The highest BCUT2D eigenvalue weighted by Gasteiger charge is 2.63. The van der Waals surface area contributed by atoms with Gasteiger partial charge < -0.3 is 31.5 Å². The lowest BCUT2D eigenvalue weighted by atomic mass is 9.58. The number of benzene rings is 1. The number of anilines is 1.